The van der Waals surface area contributed by atoms with E-state index in [0.717, 1.165) is 23.7 Å². The highest BCUT2D eigenvalue weighted by molar-refractivity contribution is 5.99. The zero-order chi connectivity index (χ0) is 20.5. The van der Waals surface area contributed by atoms with Gasteiger partial charge in [-0.2, -0.15) is 0 Å². The molecular formula is C23H24N2O4. The summed E-state index contributed by atoms with van der Waals surface area (Å²) in [4.78, 5) is 27.5. The Bertz CT molecular complexity index is 1100. The van der Waals surface area contributed by atoms with Gasteiger partial charge < -0.3 is 20.1 Å². The first kappa shape index (κ1) is 19.1. The van der Waals surface area contributed by atoms with Gasteiger partial charge in [0, 0.05) is 28.7 Å². The molecule has 2 aromatic carbocycles. The fourth-order valence-electron chi connectivity index (χ4n) is 4.05. The van der Waals surface area contributed by atoms with E-state index in [-0.39, 0.29) is 18.0 Å². The number of carboxylic acids is 1. The Balaban J connectivity index is 1.53. The molecule has 0 spiro atoms. The van der Waals surface area contributed by atoms with E-state index < -0.39 is 5.97 Å². The van der Waals surface area contributed by atoms with Gasteiger partial charge in [0.15, 0.2) is 0 Å². The first-order chi connectivity index (χ1) is 14.0. The molecule has 1 aliphatic carbocycles. The van der Waals surface area contributed by atoms with Gasteiger partial charge in [-0.25, -0.2) is 4.79 Å². The van der Waals surface area contributed by atoms with Gasteiger partial charge in [0.1, 0.15) is 11.3 Å². The number of methoxy groups -OCH3 is 1. The number of ether oxygens (including phenoxy) is 1. The number of hydrogen-bond donors (Lipinski definition) is 3. The second-order valence-electron chi connectivity index (χ2n) is 7.71. The van der Waals surface area contributed by atoms with E-state index in [0.29, 0.717) is 22.8 Å². The Labute approximate surface area is 168 Å². The predicted octanol–water partition coefficient (Wildman–Crippen LogP) is 3.93. The minimum absolute atomic E-state index is 0.0775. The highest BCUT2D eigenvalue weighted by atomic mass is 16.5. The molecule has 0 saturated carbocycles. The number of hydrogen-bond acceptors (Lipinski definition) is 3. The van der Waals surface area contributed by atoms with E-state index in [1.165, 1.54) is 30.9 Å². The quantitative estimate of drug-likeness (QED) is 0.614. The maximum absolute atomic E-state index is 12.7. The van der Waals surface area contributed by atoms with Crippen molar-refractivity contribution in [3.05, 3.63) is 64.3 Å². The average Bonchev–Trinajstić information content (AvgIpc) is 3.08. The Morgan fingerprint density at radius 3 is 2.83 bits per heavy atom. The number of carboxylic acid groups (broad SMARTS) is 1. The van der Waals surface area contributed by atoms with Gasteiger partial charge in [0.05, 0.1) is 7.11 Å². The van der Waals surface area contributed by atoms with Crippen LogP contribution in [0.4, 0.5) is 0 Å². The lowest BCUT2D eigenvalue weighted by Gasteiger charge is -2.18. The van der Waals surface area contributed by atoms with Crippen LogP contribution in [0.25, 0.3) is 10.9 Å². The molecule has 6 heteroatoms. The number of aromatic amines is 1. The third-order valence-corrected chi connectivity index (χ3v) is 5.64. The monoisotopic (exact) mass is 392 g/mol. The van der Waals surface area contributed by atoms with Crippen LogP contribution in [0.2, 0.25) is 0 Å². The number of carbonyl (C=O) groups excluding carboxylic acids is 1. The lowest BCUT2D eigenvalue weighted by Crippen LogP contribution is -2.23. The van der Waals surface area contributed by atoms with Crippen molar-refractivity contribution >= 4 is 22.8 Å². The fraction of sp³-hybridized carbons (Fsp3) is 0.304. The molecule has 29 heavy (non-hydrogen) atoms. The van der Waals surface area contributed by atoms with Crippen molar-refractivity contribution in [2.75, 3.05) is 7.11 Å². The SMILES string of the molecule is COc1ccc(CNC(=O)c2ccc3[nH]c4c(c3c2)C[C@@H](C)CC4)cc1C(=O)O. The Hall–Kier alpha value is -3.28. The highest BCUT2D eigenvalue weighted by Crippen LogP contribution is 2.32. The molecule has 0 saturated heterocycles. The van der Waals surface area contributed by atoms with Gasteiger partial charge in [-0.15, -0.1) is 0 Å². The van der Waals surface area contributed by atoms with Gasteiger partial charge in [-0.1, -0.05) is 13.0 Å². The summed E-state index contributed by atoms with van der Waals surface area (Å²) >= 11 is 0. The van der Waals surface area contributed by atoms with Crippen LogP contribution in [-0.4, -0.2) is 29.1 Å². The maximum Gasteiger partial charge on any atom is 0.339 e. The van der Waals surface area contributed by atoms with Gasteiger partial charge in [0.25, 0.3) is 5.91 Å². The molecule has 150 valence electrons. The molecule has 0 radical (unpaired) electrons. The standard InChI is InChI=1S/C23H24N2O4/c1-13-3-6-19-16(9-13)17-11-15(5-7-20(17)25-19)22(26)24-12-14-4-8-21(29-2)18(10-14)23(27)28/h4-5,7-8,10-11,13,25H,3,6,9,12H2,1-2H3,(H,24,26)(H,27,28)/t13-/m0/s1. The summed E-state index contributed by atoms with van der Waals surface area (Å²) in [7, 11) is 1.43. The molecule has 3 N–H and O–H groups in total. The zero-order valence-electron chi connectivity index (χ0n) is 16.5. The van der Waals surface area contributed by atoms with Crippen molar-refractivity contribution in [1.82, 2.24) is 10.3 Å². The van der Waals surface area contributed by atoms with Crippen LogP contribution >= 0.6 is 0 Å². The van der Waals surface area contributed by atoms with Crippen LogP contribution < -0.4 is 10.1 Å². The van der Waals surface area contributed by atoms with Crippen LogP contribution in [0.1, 0.15) is 50.9 Å². The smallest absolute Gasteiger partial charge is 0.339 e. The number of H-pyrrole nitrogens is 1. The minimum atomic E-state index is -1.06. The van der Waals surface area contributed by atoms with Gasteiger partial charge >= 0.3 is 5.97 Å². The van der Waals surface area contributed by atoms with Crippen molar-refractivity contribution in [3.63, 3.8) is 0 Å². The zero-order valence-corrected chi connectivity index (χ0v) is 16.5. The summed E-state index contributed by atoms with van der Waals surface area (Å²) in [6.07, 6.45) is 3.27. The molecule has 0 unspecified atom stereocenters. The summed E-state index contributed by atoms with van der Waals surface area (Å²) < 4.78 is 5.07. The number of nitrogens with one attached hydrogen (secondary N) is 2. The fourth-order valence-corrected chi connectivity index (χ4v) is 4.05. The number of rotatable bonds is 5. The molecule has 3 aromatic rings. The first-order valence-electron chi connectivity index (χ1n) is 9.78. The van der Waals surface area contributed by atoms with E-state index in [1.54, 1.807) is 12.1 Å². The summed E-state index contributed by atoms with van der Waals surface area (Å²) in [6, 6.07) is 10.6. The summed E-state index contributed by atoms with van der Waals surface area (Å²) in [5.74, 6) is -0.299. The normalized spacial score (nSPS) is 15.7. The van der Waals surface area contributed by atoms with E-state index in [9.17, 15) is 14.7 Å². The number of aromatic carboxylic acids is 1. The molecule has 0 aliphatic heterocycles. The number of carbonyl (C=O) groups is 2. The lowest BCUT2D eigenvalue weighted by molar-refractivity contribution is 0.0693. The second-order valence-corrected chi connectivity index (χ2v) is 7.71. The van der Waals surface area contributed by atoms with Crippen molar-refractivity contribution in [1.29, 1.82) is 0 Å². The molecule has 1 aromatic heterocycles. The lowest BCUT2D eigenvalue weighted by atomic mass is 9.87. The minimum Gasteiger partial charge on any atom is -0.496 e. The van der Waals surface area contributed by atoms with Crippen molar-refractivity contribution < 1.29 is 19.4 Å². The molecular weight excluding hydrogens is 368 g/mol. The van der Waals surface area contributed by atoms with Crippen LogP contribution in [0, 0.1) is 5.92 Å². The molecule has 1 atom stereocenters. The van der Waals surface area contributed by atoms with Crippen molar-refractivity contribution in [3.8, 4) is 5.75 Å². The number of aryl methyl sites for hydroxylation is 1. The average molecular weight is 392 g/mol. The van der Waals surface area contributed by atoms with E-state index in [2.05, 4.69) is 17.2 Å². The van der Waals surface area contributed by atoms with Crippen LogP contribution in [-0.2, 0) is 19.4 Å². The third kappa shape index (κ3) is 3.70. The molecule has 0 bridgehead atoms. The van der Waals surface area contributed by atoms with Crippen molar-refractivity contribution in [2.24, 2.45) is 5.92 Å². The summed E-state index contributed by atoms with van der Waals surface area (Å²) in [5, 5.41) is 13.3. The summed E-state index contributed by atoms with van der Waals surface area (Å²) in [6.45, 7) is 2.50. The summed E-state index contributed by atoms with van der Waals surface area (Å²) in [5.41, 5.74) is 5.07. The van der Waals surface area contributed by atoms with Crippen LogP contribution in [0.3, 0.4) is 0 Å². The van der Waals surface area contributed by atoms with E-state index in [4.69, 9.17) is 4.74 Å². The topological polar surface area (TPSA) is 91.4 Å². The number of amides is 1. The highest BCUT2D eigenvalue weighted by Gasteiger charge is 2.20. The molecule has 1 heterocycles. The van der Waals surface area contributed by atoms with Crippen LogP contribution in [0.15, 0.2) is 36.4 Å². The van der Waals surface area contributed by atoms with Gasteiger partial charge in [0.2, 0.25) is 0 Å². The van der Waals surface area contributed by atoms with Crippen LogP contribution in [0.5, 0.6) is 5.75 Å². The molecule has 4 rings (SSSR count). The molecule has 1 amide bonds. The Morgan fingerprint density at radius 2 is 2.07 bits per heavy atom. The molecule has 0 fully saturated rings. The Morgan fingerprint density at radius 1 is 1.24 bits per heavy atom. The van der Waals surface area contributed by atoms with E-state index in [1.807, 2.05) is 18.2 Å². The Kier molecular flexibility index (Phi) is 5.01. The third-order valence-electron chi connectivity index (χ3n) is 5.64. The maximum atomic E-state index is 12.7. The molecule has 6 nitrogen and oxygen atoms in total. The van der Waals surface area contributed by atoms with Crippen molar-refractivity contribution in [2.45, 2.75) is 32.7 Å². The number of aromatic nitrogens is 1. The van der Waals surface area contributed by atoms with Gasteiger partial charge in [-0.3, -0.25) is 4.79 Å². The first-order valence-corrected chi connectivity index (χ1v) is 9.78. The second kappa shape index (κ2) is 7.62. The number of fused-ring (bicyclic) bond motifs is 3. The van der Waals surface area contributed by atoms with E-state index >= 15 is 0 Å². The van der Waals surface area contributed by atoms with Gasteiger partial charge in [-0.05, 0) is 66.6 Å². The molecule has 1 aliphatic rings. The number of benzene rings is 2. The predicted molar refractivity (Wildman–Crippen MR) is 111 cm³/mol. The largest absolute Gasteiger partial charge is 0.496 e.